The fourth-order valence-corrected chi connectivity index (χ4v) is 4.36. The summed E-state index contributed by atoms with van der Waals surface area (Å²) in [5.41, 5.74) is 0.974. The standard InChI is InChI=1S/C16H19Cl2NO3/c1-19-9-6-10(8-3-4-11(17)12(18)5-8)14(16(21)22-2)15(19)13(20)7-9/h3-5,9-10,13-15,20H,6-7H2,1-2H3/t9-,10+,13+,14-,15-/m0/s1. The molecule has 22 heavy (non-hydrogen) atoms. The SMILES string of the molecule is COC(=O)[C@@H]1[C@@H]2[C@H](O)C[C@H](C[C@@H]1c1ccc(Cl)c(Cl)c1)N2C. The number of carbonyl (C=O) groups excluding carboxylic acids is 1. The van der Waals surface area contributed by atoms with Crippen molar-refractivity contribution in [2.45, 2.75) is 36.9 Å². The number of halogens is 2. The van der Waals surface area contributed by atoms with Gasteiger partial charge in [-0.3, -0.25) is 9.69 Å². The number of methoxy groups -OCH3 is 1. The third kappa shape index (κ3) is 2.52. The Morgan fingerprint density at radius 2 is 2.05 bits per heavy atom. The molecule has 1 N–H and O–H groups in total. The number of aliphatic hydroxyl groups excluding tert-OH is 1. The summed E-state index contributed by atoms with van der Waals surface area (Å²) in [6.07, 6.45) is 0.973. The molecule has 0 amide bonds. The van der Waals surface area contributed by atoms with Crippen molar-refractivity contribution in [3.05, 3.63) is 33.8 Å². The molecular formula is C16H19Cl2NO3. The van der Waals surface area contributed by atoms with Crippen molar-refractivity contribution in [1.82, 2.24) is 4.90 Å². The molecule has 2 aliphatic heterocycles. The number of nitrogens with zero attached hydrogens (tertiary/aromatic N) is 1. The van der Waals surface area contributed by atoms with Crippen molar-refractivity contribution in [3.8, 4) is 0 Å². The first-order valence-corrected chi connectivity index (χ1v) is 8.12. The highest BCUT2D eigenvalue weighted by Gasteiger charge is 2.53. The molecule has 2 saturated heterocycles. The van der Waals surface area contributed by atoms with Crippen LogP contribution in [0, 0.1) is 5.92 Å². The second-order valence-corrected chi connectivity index (χ2v) is 6.99. The number of hydrogen-bond acceptors (Lipinski definition) is 4. The highest BCUT2D eigenvalue weighted by Crippen LogP contribution is 2.47. The van der Waals surface area contributed by atoms with Crippen LogP contribution in [0.3, 0.4) is 0 Å². The van der Waals surface area contributed by atoms with E-state index in [4.69, 9.17) is 27.9 Å². The molecule has 3 rings (SSSR count). The van der Waals surface area contributed by atoms with Gasteiger partial charge in [0.1, 0.15) is 0 Å². The highest BCUT2D eigenvalue weighted by atomic mass is 35.5. The van der Waals surface area contributed by atoms with Gasteiger partial charge in [0.25, 0.3) is 0 Å². The fourth-order valence-electron chi connectivity index (χ4n) is 4.06. The van der Waals surface area contributed by atoms with E-state index in [1.165, 1.54) is 7.11 Å². The Bertz CT molecular complexity index is 595. The monoisotopic (exact) mass is 343 g/mol. The molecule has 2 heterocycles. The van der Waals surface area contributed by atoms with E-state index in [0.717, 1.165) is 12.0 Å². The molecule has 2 aliphatic rings. The number of aliphatic hydroxyl groups is 1. The second kappa shape index (κ2) is 6.00. The minimum absolute atomic E-state index is 0.0226. The van der Waals surface area contributed by atoms with Crippen LogP contribution in [0.25, 0.3) is 0 Å². The molecule has 4 nitrogen and oxygen atoms in total. The van der Waals surface area contributed by atoms with Gasteiger partial charge in [-0.15, -0.1) is 0 Å². The molecule has 2 bridgehead atoms. The predicted molar refractivity (Wildman–Crippen MR) is 85.3 cm³/mol. The summed E-state index contributed by atoms with van der Waals surface area (Å²) in [7, 11) is 3.36. The van der Waals surface area contributed by atoms with Crippen LogP contribution in [0.5, 0.6) is 0 Å². The molecule has 6 heteroatoms. The number of ether oxygens (including phenoxy) is 1. The first-order valence-electron chi connectivity index (χ1n) is 7.36. The molecule has 0 aliphatic carbocycles. The van der Waals surface area contributed by atoms with Crippen LogP contribution in [-0.2, 0) is 9.53 Å². The quantitative estimate of drug-likeness (QED) is 0.838. The zero-order valence-electron chi connectivity index (χ0n) is 12.5. The van der Waals surface area contributed by atoms with Crippen molar-refractivity contribution in [1.29, 1.82) is 0 Å². The Morgan fingerprint density at radius 1 is 1.32 bits per heavy atom. The Hall–Kier alpha value is -0.810. The molecular weight excluding hydrogens is 325 g/mol. The summed E-state index contributed by atoms with van der Waals surface area (Å²) in [5, 5.41) is 11.3. The maximum atomic E-state index is 12.4. The molecule has 1 aromatic carbocycles. The van der Waals surface area contributed by atoms with Gasteiger partial charge in [-0.1, -0.05) is 29.3 Å². The summed E-state index contributed by atoms with van der Waals surface area (Å²) in [5.74, 6) is -0.709. The fraction of sp³-hybridized carbons (Fsp3) is 0.562. The van der Waals surface area contributed by atoms with Crippen LogP contribution < -0.4 is 0 Å². The number of hydrogen-bond donors (Lipinski definition) is 1. The van der Waals surface area contributed by atoms with Gasteiger partial charge < -0.3 is 9.84 Å². The minimum Gasteiger partial charge on any atom is -0.469 e. The smallest absolute Gasteiger partial charge is 0.310 e. The number of piperidine rings is 1. The summed E-state index contributed by atoms with van der Waals surface area (Å²) in [4.78, 5) is 14.5. The number of likely N-dealkylation sites (N-methyl/N-ethyl adjacent to an activating group) is 1. The van der Waals surface area contributed by atoms with Crippen LogP contribution in [0.15, 0.2) is 18.2 Å². The van der Waals surface area contributed by atoms with Crippen molar-refractivity contribution in [2.75, 3.05) is 14.2 Å². The molecule has 0 unspecified atom stereocenters. The van der Waals surface area contributed by atoms with E-state index >= 15 is 0 Å². The van der Waals surface area contributed by atoms with Gasteiger partial charge in [0.15, 0.2) is 0 Å². The molecule has 0 aromatic heterocycles. The Labute approximate surface area is 140 Å². The summed E-state index contributed by atoms with van der Waals surface area (Å²) in [6.45, 7) is 0. The van der Waals surface area contributed by atoms with Crippen molar-refractivity contribution >= 4 is 29.2 Å². The summed E-state index contributed by atoms with van der Waals surface area (Å²) >= 11 is 12.1. The minimum atomic E-state index is -0.508. The lowest BCUT2D eigenvalue weighted by molar-refractivity contribution is -0.151. The van der Waals surface area contributed by atoms with E-state index in [1.54, 1.807) is 6.07 Å². The van der Waals surface area contributed by atoms with Gasteiger partial charge in [-0.2, -0.15) is 0 Å². The van der Waals surface area contributed by atoms with Gasteiger partial charge in [-0.25, -0.2) is 0 Å². The normalized spacial score (nSPS) is 34.7. The first kappa shape index (κ1) is 16.1. The molecule has 0 radical (unpaired) electrons. The van der Waals surface area contributed by atoms with Gasteiger partial charge in [0, 0.05) is 18.0 Å². The summed E-state index contributed by atoms with van der Waals surface area (Å²) in [6, 6.07) is 5.53. The van der Waals surface area contributed by atoms with Crippen LogP contribution in [-0.4, -0.2) is 48.3 Å². The lowest BCUT2D eigenvalue weighted by Gasteiger charge is -2.42. The molecule has 120 valence electrons. The van der Waals surface area contributed by atoms with Gasteiger partial charge in [-0.05, 0) is 37.6 Å². The number of fused-ring (bicyclic) bond motifs is 2. The number of rotatable bonds is 2. The van der Waals surface area contributed by atoms with Crippen LogP contribution >= 0.6 is 23.2 Å². The Kier molecular flexibility index (Phi) is 4.38. The van der Waals surface area contributed by atoms with E-state index in [9.17, 15) is 9.90 Å². The average molecular weight is 344 g/mol. The topological polar surface area (TPSA) is 49.8 Å². The van der Waals surface area contributed by atoms with E-state index in [-0.39, 0.29) is 24.0 Å². The van der Waals surface area contributed by atoms with Crippen LogP contribution in [0.4, 0.5) is 0 Å². The van der Waals surface area contributed by atoms with E-state index in [2.05, 4.69) is 4.90 Å². The molecule has 1 aromatic rings. The molecule has 0 saturated carbocycles. The molecule has 5 atom stereocenters. The third-order valence-electron chi connectivity index (χ3n) is 5.13. The zero-order valence-corrected chi connectivity index (χ0v) is 14.0. The lowest BCUT2D eigenvalue weighted by atomic mass is 9.76. The van der Waals surface area contributed by atoms with Crippen molar-refractivity contribution in [3.63, 3.8) is 0 Å². The first-order chi connectivity index (χ1) is 10.4. The van der Waals surface area contributed by atoms with E-state index < -0.39 is 12.0 Å². The lowest BCUT2D eigenvalue weighted by Crippen LogP contribution is -2.51. The molecule has 0 spiro atoms. The van der Waals surface area contributed by atoms with E-state index in [0.29, 0.717) is 16.5 Å². The largest absolute Gasteiger partial charge is 0.469 e. The highest BCUT2D eigenvalue weighted by molar-refractivity contribution is 6.42. The average Bonchev–Trinajstić information content (AvgIpc) is 2.68. The number of carbonyl (C=O) groups is 1. The van der Waals surface area contributed by atoms with Gasteiger partial charge in [0.2, 0.25) is 0 Å². The van der Waals surface area contributed by atoms with Gasteiger partial charge >= 0.3 is 5.97 Å². The van der Waals surface area contributed by atoms with Crippen molar-refractivity contribution in [2.24, 2.45) is 5.92 Å². The third-order valence-corrected chi connectivity index (χ3v) is 5.87. The number of esters is 1. The van der Waals surface area contributed by atoms with Crippen LogP contribution in [0.1, 0.15) is 24.3 Å². The van der Waals surface area contributed by atoms with Crippen LogP contribution in [0.2, 0.25) is 10.0 Å². The maximum Gasteiger partial charge on any atom is 0.310 e. The zero-order chi connectivity index (χ0) is 16.0. The summed E-state index contributed by atoms with van der Waals surface area (Å²) < 4.78 is 5.01. The van der Waals surface area contributed by atoms with Crippen molar-refractivity contribution < 1.29 is 14.6 Å². The molecule has 2 fully saturated rings. The van der Waals surface area contributed by atoms with Gasteiger partial charge in [0.05, 0.1) is 29.2 Å². The second-order valence-electron chi connectivity index (χ2n) is 6.18. The Morgan fingerprint density at radius 3 is 2.68 bits per heavy atom. The number of benzene rings is 1. The predicted octanol–water partition coefficient (Wildman–Crippen LogP) is 2.70. The maximum absolute atomic E-state index is 12.4. The Balaban J connectivity index is 2.01. The van der Waals surface area contributed by atoms with E-state index in [1.807, 2.05) is 19.2 Å².